The summed E-state index contributed by atoms with van der Waals surface area (Å²) in [5, 5.41) is 0. The predicted octanol–water partition coefficient (Wildman–Crippen LogP) is 2.31. The van der Waals surface area contributed by atoms with Gasteiger partial charge in [-0.3, -0.25) is 4.98 Å². The van der Waals surface area contributed by atoms with Gasteiger partial charge in [-0.15, -0.1) is 0 Å². The van der Waals surface area contributed by atoms with Gasteiger partial charge >= 0.3 is 0 Å². The highest BCUT2D eigenvalue weighted by Crippen LogP contribution is 2.15. The first-order chi connectivity index (χ1) is 8.13. The fraction of sp³-hybridized carbons (Fsp3) is 0.643. The van der Waals surface area contributed by atoms with Crippen LogP contribution in [-0.4, -0.2) is 36.1 Å². The highest BCUT2D eigenvalue weighted by molar-refractivity contribution is 5.19. The number of aromatic nitrogens is 1. The maximum atomic E-state index is 5.97. The standard InChI is InChI=1S/C14H22N2O/c1-11-8-13(9-12(2)15-11)10-17-14-4-6-16(3)7-5-14/h8-9,14H,4-7,10H2,1-3H3. The molecule has 0 amide bonds. The van der Waals surface area contributed by atoms with Crippen molar-refractivity contribution in [3.63, 3.8) is 0 Å². The zero-order chi connectivity index (χ0) is 12.3. The van der Waals surface area contributed by atoms with Gasteiger partial charge in [0, 0.05) is 24.5 Å². The van der Waals surface area contributed by atoms with Crippen LogP contribution in [0.2, 0.25) is 0 Å². The minimum Gasteiger partial charge on any atom is -0.373 e. The normalized spacial score (nSPS) is 18.5. The molecule has 0 unspecified atom stereocenters. The average Bonchev–Trinajstić information content (AvgIpc) is 2.27. The van der Waals surface area contributed by atoms with E-state index in [2.05, 4.69) is 29.1 Å². The molecule has 1 saturated heterocycles. The lowest BCUT2D eigenvalue weighted by Gasteiger charge is -2.28. The van der Waals surface area contributed by atoms with Crippen LogP contribution in [-0.2, 0) is 11.3 Å². The van der Waals surface area contributed by atoms with Crippen LogP contribution in [0.4, 0.5) is 0 Å². The van der Waals surface area contributed by atoms with E-state index in [0.717, 1.165) is 43.9 Å². The van der Waals surface area contributed by atoms with E-state index in [1.54, 1.807) is 0 Å². The van der Waals surface area contributed by atoms with Gasteiger partial charge in [0.2, 0.25) is 0 Å². The van der Waals surface area contributed by atoms with E-state index in [1.807, 2.05) is 13.8 Å². The number of ether oxygens (including phenoxy) is 1. The Balaban J connectivity index is 1.85. The number of rotatable bonds is 3. The molecule has 0 radical (unpaired) electrons. The maximum absolute atomic E-state index is 5.97. The Morgan fingerprint density at radius 1 is 1.24 bits per heavy atom. The molecule has 3 heteroatoms. The summed E-state index contributed by atoms with van der Waals surface area (Å²) in [5.41, 5.74) is 3.40. The molecule has 0 bridgehead atoms. The monoisotopic (exact) mass is 234 g/mol. The van der Waals surface area contributed by atoms with Crippen molar-refractivity contribution in [3.05, 3.63) is 29.1 Å². The topological polar surface area (TPSA) is 25.4 Å². The van der Waals surface area contributed by atoms with E-state index in [9.17, 15) is 0 Å². The van der Waals surface area contributed by atoms with Crippen LogP contribution in [0, 0.1) is 13.8 Å². The van der Waals surface area contributed by atoms with Crippen molar-refractivity contribution in [1.29, 1.82) is 0 Å². The van der Waals surface area contributed by atoms with Crippen molar-refractivity contribution in [3.8, 4) is 0 Å². The molecule has 1 aliphatic heterocycles. The Morgan fingerprint density at radius 3 is 2.41 bits per heavy atom. The minimum atomic E-state index is 0.431. The second kappa shape index (κ2) is 5.61. The summed E-state index contributed by atoms with van der Waals surface area (Å²) < 4.78 is 5.97. The molecule has 1 fully saturated rings. The Kier molecular flexibility index (Phi) is 4.13. The number of hydrogen-bond donors (Lipinski definition) is 0. The molecule has 17 heavy (non-hydrogen) atoms. The summed E-state index contributed by atoms with van der Waals surface area (Å²) in [4.78, 5) is 6.74. The van der Waals surface area contributed by atoms with Gasteiger partial charge in [-0.2, -0.15) is 0 Å². The molecule has 1 aromatic rings. The van der Waals surface area contributed by atoms with Crippen LogP contribution < -0.4 is 0 Å². The predicted molar refractivity (Wildman–Crippen MR) is 69.0 cm³/mol. The molecule has 0 aromatic carbocycles. The molecular formula is C14H22N2O. The lowest BCUT2D eigenvalue weighted by atomic mass is 10.1. The molecule has 0 aliphatic carbocycles. The molecule has 2 rings (SSSR count). The number of aryl methyl sites for hydroxylation is 2. The molecule has 3 nitrogen and oxygen atoms in total. The van der Waals surface area contributed by atoms with Crippen LogP contribution in [0.5, 0.6) is 0 Å². The first-order valence-electron chi connectivity index (χ1n) is 6.38. The second-order valence-electron chi connectivity index (χ2n) is 5.07. The second-order valence-corrected chi connectivity index (χ2v) is 5.07. The molecule has 94 valence electrons. The lowest BCUT2D eigenvalue weighted by Crippen LogP contribution is -2.34. The zero-order valence-electron chi connectivity index (χ0n) is 11.1. The fourth-order valence-electron chi connectivity index (χ4n) is 2.37. The van der Waals surface area contributed by atoms with Gasteiger partial charge in [0.15, 0.2) is 0 Å². The third-order valence-corrected chi connectivity index (χ3v) is 3.29. The first kappa shape index (κ1) is 12.5. The van der Waals surface area contributed by atoms with Crippen molar-refractivity contribution in [1.82, 2.24) is 9.88 Å². The zero-order valence-corrected chi connectivity index (χ0v) is 11.1. The van der Waals surface area contributed by atoms with Crippen LogP contribution in [0.1, 0.15) is 29.8 Å². The quantitative estimate of drug-likeness (QED) is 0.802. The van der Waals surface area contributed by atoms with Gasteiger partial charge in [0.1, 0.15) is 0 Å². The van der Waals surface area contributed by atoms with Crippen molar-refractivity contribution in [2.45, 2.75) is 39.4 Å². The van der Waals surface area contributed by atoms with Crippen LogP contribution >= 0.6 is 0 Å². The molecule has 1 aliphatic rings. The first-order valence-corrected chi connectivity index (χ1v) is 6.38. The van der Waals surface area contributed by atoms with Gasteiger partial charge in [0.25, 0.3) is 0 Å². The molecular weight excluding hydrogens is 212 g/mol. The Hall–Kier alpha value is -0.930. The van der Waals surface area contributed by atoms with Crippen molar-refractivity contribution in [2.24, 2.45) is 0 Å². The minimum absolute atomic E-state index is 0.431. The SMILES string of the molecule is Cc1cc(COC2CCN(C)CC2)cc(C)n1. The van der Waals surface area contributed by atoms with E-state index >= 15 is 0 Å². The van der Waals surface area contributed by atoms with Gasteiger partial charge in [-0.1, -0.05) is 0 Å². The highest BCUT2D eigenvalue weighted by atomic mass is 16.5. The molecule has 1 aromatic heterocycles. The summed E-state index contributed by atoms with van der Waals surface area (Å²) >= 11 is 0. The molecule has 0 spiro atoms. The van der Waals surface area contributed by atoms with Crippen LogP contribution in [0.25, 0.3) is 0 Å². The number of piperidine rings is 1. The van der Waals surface area contributed by atoms with Crippen molar-refractivity contribution < 1.29 is 4.74 Å². The summed E-state index contributed by atoms with van der Waals surface area (Å²) in [5.74, 6) is 0. The van der Waals surface area contributed by atoms with Crippen LogP contribution in [0.15, 0.2) is 12.1 Å². The third kappa shape index (κ3) is 3.79. The number of nitrogens with zero attached hydrogens (tertiary/aromatic N) is 2. The summed E-state index contributed by atoms with van der Waals surface area (Å²) in [6, 6.07) is 4.23. The van der Waals surface area contributed by atoms with Crippen LogP contribution in [0.3, 0.4) is 0 Å². The Morgan fingerprint density at radius 2 is 1.82 bits per heavy atom. The number of likely N-dealkylation sites (tertiary alicyclic amines) is 1. The Bertz CT molecular complexity index is 350. The smallest absolute Gasteiger partial charge is 0.0721 e. The summed E-state index contributed by atoms with van der Waals surface area (Å²) in [6.07, 6.45) is 2.74. The summed E-state index contributed by atoms with van der Waals surface area (Å²) in [7, 11) is 2.17. The van der Waals surface area contributed by atoms with Crippen molar-refractivity contribution >= 4 is 0 Å². The summed E-state index contributed by atoms with van der Waals surface area (Å²) in [6.45, 7) is 7.09. The van der Waals surface area contributed by atoms with Gasteiger partial charge in [-0.05, 0) is 51.4 Å². The van der Waals surface area contributed by atoms with E-state index in [4.69, 9.17) is 4.74 Å². The fourth-order valence-corrected chi connectivity index (χ4v) is 2.37. The van der Waals surface area contributed by atoms with E-state index in [-0.39, 0.29) is 0 Å². The van der Waals surface area contributed by atoms with E-state index < -0.39 is 0 Å². The maximum Gasteiger partial charge on any atom is 0.0721 e. The molecule has 2 heterocycles. The largest absolute Gasteiger partial charge is 0.373 e. The lowest BCUT2D eigenvalue weighted by molar-refractivity contribution is 0.00207. The third-order valence-electron chi connectivity index (χ3n) is 3.29. The van der Waals surface area contributed by atoms with Crippen molar-refractivity contribution in [2.75, 3.05) is 20.1 Å². The van der Waals surface area contributed by atoms with E-state index in [1.165, 1.54) is 5.56 Å². The van der Waals surface area contributed by atoms with Gasteiger partial charge in [-0.25, -0.2) is 0 Å². The van der Waals surface area contributed by atoms with Gasteiger partial charge < -0.3 is 9.64 Å². The molecule has 0 saturated carbocycles. The highest BCUT2D eigenvalue weighted by Gasteiger charge is 2.16. The van der Waals surface area contributed by atoms with Gasteiger partial charge in [0.05, 0.1) is 12.7 Å². The Labute approximate surface area is 104 Å². The molecule has 0 N–H and O–H groups in total. The molecule has 0 atom stereocenters. The average molecular weight is 234 g/mol. The number of pyridine rings is 1. The number of hydrogen-bond acceptors (Lipinski definition) is 3. The van der Waals surface area contributed by atoms with E-state index in [0.29, 0.717) is 6.10 Å².